The first kappa shape index (κ1) is 18.4. The number of para-hydroxylation sites is 1. The first-order valence-corrected chi connectivity index (χ1v) is 9.59. The Morgan fingerprint density at radius 1 is 1.04 bits per heavy atom. The molecule has 28 heavy (non-hydrogen) atoms. The third kappa shape index (κ3) is 3.82. The maximum absolute atomic E-state index is 13.8. The number of phenolic OH excluding ortho intramolecular Hbond substituents is 1. The fraction of sp³-hybridized carbons (Fsp3) is 0.208. The first-order valence-electron chi connectivity index (χ1n) is 9.59. The Morgan fingerprint density at radius 3 is 2.54 bits per heavy atom. The average molecular weight is 374 g/mol. The second-order valence-corrected chi connectivity index (χ2v) is 7.07. The molecule has 0 saturated heterocycles. The minimum Gasteiger partial charge on any atom is -0.508 e. The molecular weight excluding hydrogens is 351 g/mol. The molecule has 4 rings (SSSR count). The zero-order valence-corrected chi connectivity index (χ0v) is 15.8. The topological polar surface area (TPSA) is 44.6 Å². The van der Waals surface area contributed by atoms with Crippen molar-refractivity contribution < 1.29 is 9.50 Å². The molecule has 1 aliphatic heterocycles. The summed E-state index contributed by atoms with van der Waals surface area (Å²) in [5.41, 5.74) is 4.87. The van der Waals surface area contributed by atoms with Crippen molar-refractivity contribution >= 4 is 5.71 Å². The monoisotopic (exact) mass is 374 g/mol. The van der Waals surface area contributed by atoms with E-state index >= 15 is 0 Å². The van der Waals surface area contributed by atoms with Crippen LogP contribution in [0.15, 0.2) is 77.8 Å². The molecular formula is C24H23FN2O. The molecule has 0 radical (unpaired) electrons. The van der Waals surface area contributed by atoms with E-state index < -0.39 is 0 Å². The summed E-state index contributed by atoms with van der Waals surface area (Å²) in [5, 5.41) is 13.8. The Labute approximate surface area is 164 Å². The Morgan fingerprint density at radius 2 is 1.82 bits per heavy atom. The highest BCUT2D eigenvalue weighted by atomic mass is 19.1. The summed E-state index contributed by atoms with van der Waals surface area (Å²) in [7, 11) is 0. The molecule has 0 aliphatic carbocycles. The Hall–Kier alpha value is -2.98. The van der Waals surface area contributed by atoms with E-state index in [4.69, 9.17) is 4.99 Å². The third-order valence-corrected chi connectivity index (χ3v) is 5.21. The van der Waals surface area contributed by atoms with E-state index in [1.807, 2.05) is 24.3 Å². The van der Waals surface area contributed by atoms with Crippen LogP contribution in [0, 0.1) is 5.82 Å². The summed E-state index contributed by atoms with van der Waals surface area (Å²) < 4.78 is 13.8. The SMILES string of the molecule is CCc1ccc(C2=N[C@@H](c3cccc(F)c3)N[C@@H](c3ccccc3O)C2)cc1. The number of phenols is 1. The molecule has 0 spiro atoms. The fourth-order valence-corrected chi connectivity index (χ4v) is 3.64. The van der Waals surface area contributed by atoms with Crippen LogP contribution in [0.1, 0.15) is 47.8 Å². The molecule has 2 atom stereocenters. The normalized spacial score (nSPS) is 19.3. The lowest BCUT2D eigenvalue weighted by atomic mass is 9.93. The maximum Gasteiger partial charge on any atom is 0.126 e. The van der Waals surface area contributed by atoms with Gasteiger partial charge < -0.3 is 5.11 Å². The van der Waals surface area contributed by atoms with Crippen LogP contribution in [0.4, 0.5) is 4.39 Å². The third-order valence-electron chi connectivity index (χ3n) is 5.21. The van der Waals surface area contributed by atoms with Gasteiger partial charge >= 0.3 is 0 Å². The van der Waals surface area contributed by atoms with Crippen molar-refractivity contribution in [3.63, 3.8) is 0 Å². The lowest BCUT2D eigenvalue weighted by Gasteiger charge is -2.31. The molecule has 2 N–H and O–H groups in total. The number of aryl methyl sites for hydroxylation is 1. The predicted molar refractivity (Wildman–Crippen MR) is 110 cm³/mol. The number of aliphatic imine (C=N–C) groups is 1. The standard InChI is InChI=1S/C24H23FN2O/c1-2-16-10-12-17(13-11-16)21-15-22(20-8-3-4-9-23(20)28)27-24(26-21)18-6-5-7-19(25)14-18/h3-14,22,24,27-28H,2,15H2,1H3/t22-,24-/m1/s1. The van der Waals surface area contributed by atoms with Gasteiger partial charge in [0.15, 0.2) is 0 Å². The van der Waals surface area contributed by atoms with Crippen molar-refractivity contribution in [1.29, 1.82) is 0 Å². The Bertz CT molecular complexity index is 997. The van der Waals surface area contributed by atoms with Gasteiger partial charge in [-0.2, -0.15) is 0 Å². The molecule has 0 unspecified atom stereocenters. The van der Waals surface area contributed by atoms with E-state index in [0.717, 1.165) is 28.8 Å². The van der Waals surface area contributed by atoms with Crippen LogP contribution < -0.4 is 5.32 Å². The van der Waals surface area contributed by atoms with Gasteiger partial charge in [-0.1, -0.05) is 61.5 Å². The Kier molecular flexibility index (Phi) is 5.22. The number of nitrogens with zero attached hydrogens (tertiary/aromatic N) is 1. The first-order chi connectivity index (χ1) is 13.6. The second kappa shape index (κ2) is 7.95. The number of hydrogen-bond acceptors (Lipinski definition) is 3. The number of rotatable bonds is 4. The van der Waals surface area contributed by atoms with Gasteiger partial charge in [0.1, 0.15) is 17.7 Å². The number of aromatic hydroxyl groups is 1. The summed E-state index contributed by atoms with van der Waals surface area (Å²) >= 11 is 0. The minimum absolute atomic E-state index is 0.118. The van der Waals surface area contributed by atoms with Crippen molar-refractivity contribution in [3.05, 3.63) is 101 Å². The predicted octanol–water partition coefficient (Wildman–Crippen LogP) is 5.32. The van der Waals surface area contributed by atoms with E-state index in [1.54, 1.807) is 12.1 Å². The van der Waals surface area contributed by atoms with E-state index in [0.29, 0.717) is 6.42 Å². The van der Waals surface area contributed by atoms with E-state index in [1.165, 1.54) is 17.7 Å². The van der Waals surface area contributed by atoms with Crippen LogP contribution >= 0.6 is 0 Å². The highest BCUT2D eigenvalue weighted by Gasteiger charge is 2.27. The van der Waals surface area contributed by atoms with Crippen molar-refractivity contribution in [2.75, 3.05) is 0 Å². The van der Waals surface area contributed by atoms with Gasteiger partial charge in [0, 0.05) is 23.7 Å². The molecule has 0 fully saturated rings. The summed E-state index contributed by atoms with van der Waals surface area (Å²) in [6, 6.07) is 22.1. The lowest BCUT2D eigenvalue weighted by molar-refractivity contribution is 0.412. The zero-order valence-electron chi connectivity index (χ0n) is 15.8. The summed E-state index contributed by atoms with van der Waals surface area (Å²) in [5.74, 6) is -0.0337. The van der Waals surface area contributed by atoms with Crippen molar-refractivity contribution in [2.45, 2.75) is 32.0 Å². The largest absolute Gasteiger partial charge is 0.508 e. The molecule has 0 saturated carbocycles. The van der Waals surface area contributed by atoms with Gasteiger partial charge in [0.05, 0.1) is 0 Å². The van der Waals surface area contributed by atoms with Gasteiger partial charge in [0.2, 0.25) is 0 Å². The van der Waals surface area contributed by atoms with Crippen LogP contribution in [0.2, 0.25) is 0 Å². The number of benzene rings is 3. The van der Waals surface area contributed by atoms with Gasteiger partial charge in [0.25, 0.3) is 0 Å². The van der Waals surface area contributed by atoms with Crippen molar-refractivity contribution in [3.8, 4) is 5.75 Å². The average Bonchev–Trinajstić information content (AvgIpc) is 2.74. The number of hydrogen-bond donors (Lipinski definition) is 2. The summed E-state index contributed by atoms with van der Waals surface area (Å²) in [6.45, 7) is 2.13. The van der Waals surface area contributed by atoms with Gasteiger partial charge in [-0.3, -0.25) is 10.3 Å². The molecule has 3 aromatic carbocycles. The van der Waals surface area contributed by atoms with Crippen LogP contribution in [-0.2, 0) is 6.42 Å². The van der Waals surface area contributed by atoms with Crippen LogP contribution in [0.25, 0.3) is 0 Å². The van der Waals surface area contributed by atoms with Gasteiger partial charge in [-0.05, 0) is 41.3 Å². The molecule has 3 nitrogen and oxygen atoms in total. The number of nitrogens with one attached hydrogen (secondary N) is 1. The maximum atomic E-state index is 13.8. The van der Waals surface area contributed by atoms with Gasteiger partial charge in [-0.15, -0.1) is 0 Å². The Balaban J connectivity index is 1.74. The molecule has 142 valence electrons. The van der Waals surface area contributed by atoms with Crippen LogP contribution in [-0.4, -0.2) is 10.8 Å². The molecule has 4 heteroatoms. The van der Waals surface area contributed by atoms with E-state index in [2.05, 4.69) is 36.5 Å². The highest BCUT2D eigenvalue weighted by Crippen LogP contribution is 2.34. The van der Waals surface area contributed by atoms with Crippen molar-refractivity contribution in [2.24, 2.45) is 4.99 Å². The minimum atomic E-state index is -0.380. The molecule has 0 bridgehead atoms. The quantitative estimate of drug-likeness (QED) is 0.649. The number of halogens is 1. The zero-order chi connectivity index (χ0) is 19.5. The molecule has 0 aromatic heterocycles. The van der Waals surface area contributed by atoms with E-state index in [9.17, 15) is 9.50 Å². The highest BCUT2D eigenvalue weighted by molar-refractivity contribution is 6.01. The second-order valence-electron chi connectivity index (χ2n) is 7.07. The van der Waals surface area contributed by atoms with Crippen LogP contribution in [0.3, 0.4) is 0 Å². The molecule has 1 heterocycles. The molecule has 3 aromatic rings. The summed E-state index contributed by atoms with van der Waals surface area (Å²) in [6.07, 6.45) is 1.25. The molecule has 0 amide bonds. The van der Waals surface area contributed by atoms with Gasteiger partial charge in [-0.25, -0.2) is 4.39 Å². The van der Waals surface area contributed by atoms with Crippen LogP contribution in [0.5, 0.6) is 5.75 Å². The lowest BCUT2D eigenvalue weighted by Crippen LogP contribution is -2.33. The molecule has 1 aliphatic rings. The van der Waals surface area contributed by atoms with E-state index in [-0.39, 0.29) is 23.8 Å². The van der Waals surface area contributed by atoms with Crippen molar-refractivity contribution in [1.82, 2.24) is 5.32 Å². The fourth-order valence-electron chi connectivity index (χ4n) is 3.64. The smallest absolute Gasteiger partial charge is 0.126 e. The summed E-state index contributed by atoms with van der Waals surface area (Å²) in [4.78, 5) is 4.88.